The molecule has 0 bridgehead atoms. The molecule has 0 radical (unpaired) electrons. The number of rotatable bonds is 1. The highest BCUT2D eigenvalue weighted by Gasteiger charge is 2.52. The van der Waals surface area contributed by atoms with Crippen molar-refractivity contribution >= 4 is 30.0 Å². The molecule has 5 nitrogen and oxygen atoms in total. The van der Waals surface area contributed by atoms with E-state index in [9.17, 15) is 9.59 Å². The molecule has 6 heteroatoms. The highest BCUT2D eigenvalue weighted by atomic mass is 16.7. The van der Waals surface area contributed by atoms with Crippen molar-refractivity contribution in [3.05, 3.63) is 23.8 Å². The number of benzene rings is 1. The number of ketones is 1. The summed E-state index contributed by atoms with van der Waals surface area (Å²) in [5.74, 6) is -1.11. The lowest BCUT2D eigenvalue weighted by molar-refractivity contribution is -0.112. The van der Waals surface area contributed by atoms with E-state index in [1.54, 1.807) is 18.2 Å². The van der Waals surface area contributed by atoms with Gasteiger partial charge in [0.2, 0.25) is 0 Å². The molecule has 0 unspecified atom stereocenters. The Morgan fingerprint density at radius 1 is 1.05 bits per heavy atom. The van der Waals surface area contributed by atoms with Crippen molar-refractivity contribution in [3.63, 3.8) is 0 Å². The van der Waals surface area contributed by atoms with Gasteiger partial charge in [0.25, 0.3) is 11.7 Å². The standard InChI is InChI=1S/C14H16BNO4/c1-13(2)14(3,4)20-15(19-13)8-5-6-10-9(7-8)11(17)12(18)16-10/h5-7H,1-4H3,(H,16,17,18). The molecule has 1 saturated heterocycles. The first-order valence-corrected chi connectivity index (χ1v) is 6.56. The number of hydrogen-bond acceptors (Lipinski definition) is 4. The van der Waals surface area contributed by atoms with Gasteiger partial charge >= 0.3 is 7.12 Å². The summed E-state index contributed by atoms with van der Waals surface area (Å²) >= 11 is 0. The SMILES string of the molecule is CC1(C)OB(c2ccc3c(c2)C(=O)C(=O)N3)OC1(C)C. The van der Waals surface area contributed by atoms with E-state index in [-0.39, 0.29) is 0 Å². The molecule has 1 amide bonds. The van der Waals surface area contributed by atoms with Crippen molar-refractivity contribution < 1.29 is 18.9 Å². The molecule has 0 saturated carbocycles. The van der Waals surface area contributed by atoms with Crippen LogP contribution in [0.4, 0.5) is 5.69 Å². The Labute approximate surface area is 117 Å². The monoisotopic (exact) mass is 273 g/mol. The smallest absolute Gasteiger partial charge is 0.399 e. The van der Waals surface area contributed by atoms with Crippen LogP contribution in [-0.2, 0) is 14.1 Å². The number of fused-ring (bicyclic) bond motifs is 1. The normalized spacial score (nSPS) is 22.9. The first-order valence-electron chi connectivity index (χ1n) is 6.56. The Hall–Kier alpha value is -1.66. The number of Topliss-reactive ketones (excluding diaryl/α,β-unsaturated/α-hetero) is 1. The first-order chi connectivity index (χ1) is 9.21. The van der Waals surface area contributed by atoms with E-state index < -0.39 is 30.0 Å². The Kier molecular flexibility index (Phi) is 2.62. The molecule has 104 valence electrons. The number of carbonyl (C=O) groups excluding carboxylic acids is 2. The number of anilines is 1. The maximum Gasteiger partial charge on any atom is 0.494 e. The summed E-state index contributed by atoms with van der Waals surface area (Å²) in [5, 5.41) is 2.53. The average molecular weight is 273 g/mol. The summed E-state index contributed by atoms with van der Waals surface area (Å²) in [6.45, 7) is 7.88. The van der Waals surface area contributed by atoms with Crippen LogP contribution in [0.1, 0.15) is 38.1 Å². The quantitative estimate of drug-likeness (QED) is 0.615. The molecule has 1 N–H and O–H groups in total. The van der Waals surface area contributed by atoms with Crippen LogP contribution in [0.5, 0.6) is 0 Å². The predicted molar refractivity (Wildman–Crippen MR) is 75.1 cm³/mol. The lowest BCUT2D eigenvalue weighted by atomic mass is 9.78. The van der Waals surface area contributed by atoms with Crippen molar-refractivity contribution in [2.45, 2.75) is 38.9 Å². The fourth-order valence-electron chi connectivity index (χ4n) is 2.29. The van der Waals surface area contributed by atoms with Gasteiger partial charge in [0, 0.05) is 0 Å². The molecular formula is C14H16BNO4. The maximum absolute atomic E-state index is 11.7. The number of nitrogens with one attached hydrogen (secondary N) is 1. The molecule has 0 aromatic heterocycles. The number of hydrogen-bond donors (Lipinski definition) is 1. The topological polar surface area (TPSA) is 64.6 Å². The fraction of sp³-hybridized carbons (Fsp3) is 0.429. The third-order valence-electron chi connectivity index (χ3n) is 4.27. The molecular weight excluding hydrogens is 257 g/mol. The molecule has 2 aliphatic heterocycles. The Balaban J connectivity index is 1.95. The molecule has 0 aliphatic carbocycles. The van der Waals surface area contributed by atoms with Gasteiger partial charge in [-0.2, -0.15) is 0 Å². The van der Waals surface area contributed by atoms with Crippen LogP contribution in [0, 0.1) is 0 Å². The van der Waals surface area contributed by atoms with E-state index in [4.69, 9.17) is 9.31 Å². The lowest BCUT2D eigenvalue weighted by Gasteiger charge is -2.32. The summed E-state index contributed by atoms with van der Waals surface area (Å²) in [6, 6.07) is 5.18. The Bertz CT molecular complexity index is 608. The zero-order valence-corrected chi connectivity index (χ0v) is 11.9. The Morgan fingerprint density at radius 2 is 1.65 bits per heavy atom. The van der Waals surface area contributed by atoms with Gasteiger partial charge in [0.05, 0.1) is 22.5 Å². The largest absolute Gasteiger partial charge is 0.494 e. The third-order valence-corrected chi connectivity index (χ3v) is 4.27. The molecule has 1 aromatic carbocycles. The number of amides is 1. The molecule has 2 heterocycles. The van der Waals surface area contributed by atoms with Crippen LogP contribution in [0.25, 0.3) is 0 Å². The van der Waals surface area contributed by atoms with E-state index in [1.165, 1.54) is 0 Å². The van der Waals surface area contributed by atoms with Gasteiger partial charge in [-0.3, -0.25) is 9.59 Å². The van der Waals surface area contributed by atoms with E-state index >= 15 is 0 Å². The average Bonchev–Trinajstić information content (AvgIpc) is 2.74. The molecule has 1 fully saturated rings. The highest BCUT2D eigenvalue weighted by molar-refractivity contribution is 6.63. The van der Waals surface area contributed by atoms with Crippen molar-refractivity contribution in [2.75, 3.05) is 5.32 Å². The van der Waals surface area contributed by atoms with Crippen molar-refractivity contribution in [3.8, 4) is 0 Å². The van der Waals surface area contributed by atoms with Crippen LogP contribution in [0.15, 0.2) is 18.2 Å². The van der Waals surface area contributed by atoms with Crippen LogP contribution < -0.4 is 10.8 Å². The van der Waals surface area contributed by atoms with E-state index in [0.717, 1.165) is 5.46 Å². The second kappa shape index (κ2) is 3.93. The number of carbonyl (C=O) groups is 2. The van der Waals surface area contributed by atoms with E-state index in [2.05, 4.69) is 5.32 Å². The van der Waals surface area contributed by atoms with Crippen LogP contribution in [0.3, 0.4) is 0 Å². The van der Waals surface area contributed by atoms with Crippen LogP contribution in [-0.4, -0.2) is 30.0 Å². The minimum absolute atomic E-state index is 0.377. The van der Waals surface area contributed by atoms with Gasteiger partial charge in [0.15, 0.2) is 0 Å². The van der Waals surface area contributed by atoms with Crippen LogP contribution >= 0.6 is 0 Å². The first kappa shape index (κ1) is 13.3. The molecule has 0 atom stereocenters. The Morgan fingerprint density at radius 3 is 2.25 bits per heavy atom. The molecule has 20 heavy (non-hydrogen) atoms. The highest BCUT2D eigenvalue weighted by Crippen LogP contribution is 2.36. The fourth-order valence-corrected chi connectivity index (χ4v) is 2.29. The minimum Gasteiger partial charge on any atom is -0.399 e. The second-order valence-corrected chi connectivity index (χ2v) is 6.18. The summed E-state index contributed by atoms with van der Waals surface area (Å²) in [4.78, 5) is 23.1. The summed E-state index contributed by atoms with van der Waals surface area (Å²) < 4.78 is 11.9. The molecule has 0 spiro atoms. The minimum atomic E-state index is -0.592. The van der Waals surface area contributed by atoms with Gasteiger partial charge in [-0.05, 0) is 45.3 Å². The third kappa shape index (κ3) is 1.79. The lowest BCUT2D eigenvalue weighted by Crippen LogP contribution is -2.41. The molecule has 1 aromatic rings. The van der Waals surface area contributed by atoms with Crippen LogP contribution in [0.2, 0.25) is 0 Å². The van der Waals surface area contributed by atoms with Crippen molar-refractivity contribution in [2.24, 2.45) is 0 Å². The maximum atomic E-state index is 11.7. The second-order valence-electron chi connectivity index (χ2n) is 6.18. The van der Waals surface area contributed by atoms with Gasteiger partial charge in [-0.1, -0.05) is 6.07 Å². The summed E-state index contributed by atoms with van der Waals surface area (Å²) in [7, 11) is -0.534. The van der Waals surface area contributed by atoms with E-state index in [1.807, 2.05) is 27.7 Å². The van der Waals surface area contributed by atoms with Crippen molar-refractivity contribution in [1.29, 1.82) is 0 Å². The van der Waals surface area contributed by atoms with Gasteiger partial charge < -0.3 is 14.6 Å². The van der Waals surface area contributed by atoms with Crippen molar-refractivity contribution in [1.82, 2.24) is 0 Å². The van der Waals surface area contributed by atoms with Gasteiger partial charge in [-0.25, -0.2) is 0 Å². The molecule has 3 rings (SSSR count). The predicted octanol–water partition coefficient (Wildman–Crippen LogP) is 1.12. The zero-order chi connectivity index (χ0) is 14.7. The van der Waals surface area contributed by atoms with E-state index in [0.29, 0.717) is 11.3 Å². The van der Waals surface area contributed by atoms with Gasteiger partial charge in [-0.15, -0.1) is 0 Å². The summed E-state index contributed by atoms with van der Waals surface area (Å²) in [6.07, 6.45) is 0. The van der Waals surface area contributed by atoms with Gasteiger partial charge in [0.1, 0.15) is 0 Å². The summed E-state index contributed by atoms with van der Waals surface area (Å²) in [5.41, 5.74) is 0.790. The zero-order valence-electron chi connectivity index (χ0n) is 11.9. The molecule has 2 aliphatic rings.